The third kappa shape index (κ3) is 2.09. The first-order valence-corrected chi connectivity index (χ1v) is 7.35. The van der Waals surface area contributed by atoms with Crippen molar-refractivity contribution in [2.75, 3.05) is 6.54 Å². The lowest BCUT2D eigenvalue weighted by Crippen LogP contribution is -2.38. The fourth-order valence-corrected chi connectivity index (χ4v) is 3.67. The van der Waals surface area contributed by atoms with E-state index in [1.54, 1.807) is 11.1 Å². The molecule has 2 atom stereocenters. The monoisotopic (exact) mass is 243 g/mol. The van der Waals surface area contributed by atoms with Crippen LogP contribution in [0.25, 0.3) is 0 Å². The van der Waals surface area contributed by atoms with Crippen LogP contribution >= 0.6 is 0 Å². The number of nitrogens with one attached hydrogen (secondary N) is 1. The Kier molecular flexibility index (Phi) is 2.78. The largest absolute Gasteiger partial charge is 0.312 e. The lowest BCUT2D eigenvalue weighted by atomic mass is 9.78. The molecule has 3 rings (SSSR count). The summed E-state index contributed by atoms with van der Waals surface area (Å²) in [6, 6.07) is 9.13. The predicted octanol–water partition coefficient (Wildman–Crippen LogP) is 3.67. The second-order valence-electron chi connectivity index (χ2n) is 7.20. The molecule has 0 amide bonds. The van der Waals surface area contributed by atoms with Crippen LogP contribution in [-0.2, 0) is 11.8 Å². The number of hydrogen-bond donors (Lipinski definition) is 1. The number of fused-ring (bicyclic) bond motifs is 2. The topological polar surface area (TPSA) is 12.0 Å². The van der Waals surface area contributed by atoms with Gasteiger partial charge in [0.1, 0.15) is 0 Å². The summed E-state index contributed by atoms with van der Waals surface area (Å²) >= 11 is 0. The van der Waals surface area contributed by atoms with E-state index < -0.39 is 0 Å². The normalized spacial score (nSPS) is 30.3. The summed E-state index contributed by atoms with van der Waals surface area (Å²) < 4.78 is 0. The van der Waals surface area contributed by atoms with Crippen LogP contribution in [0, 0.1) is 5.92 Å². The maximum absolute atomic E-state index is 3.69. The molecule has 2 aliphatic carbocycles. The Labute approximate surface area is 111 Å². The minimum atomic E-state index is 0.248. The zero-order chi connectivity index (χ0) is 12.8. The molecule has 0 bridgehead atoms. The Balaban J connectivity index is 1.75. The molecule has 1 nitrogen and oxygen atoms in total. The van der Waals surface area contributed by atoms with Gasteiger partial charge >= 0.3 is 0 Å². The number of rotatable bonds is 2. The van der Waals surface area contributed by atoms with E-state index in [1.165, 1.54) is 32.2 Å². The van der Waals surface area contributed by atoms with Gasteiger partial charge < -0.3 is 5.32 Å². The van der Waals surface area contributed by atoms with Gasteiger partial charge in [0, 0.05) is 5.54 Å². The summed E-state index contributed by atoms with van der Waals surface area (Å²) in [4.78, 5) is 0. The molecule has 1 saturated carbocycles. The molecule has 2 unspecified atom stereocenters. The molecule has 1 N–H and O–H groups in total. The van der Waals surface area contributed by atoms with Crippen LogP contribution in [0.1, 0.15) is 51.2 Å². The van der Waals surface area contributed by atoms with Gasteiger partial charge in [0.15, 0.2) is 0 Å². The molecule has 0 heterocycles. The van der Waals surface area contributed by atoms with Gasteiger partial charge in [0.2, 0.25) is 0 Å². The van der Waals surface area contributed by atoms with Gasteiger partial charge in [-0.3, -0.25) is 0 Å². The Morgan fingerprint density at radius 1 is 1.28 bits per heavy atom. The molecule has 0 radical (unpaired) electrons. The standard InChI is InChI=1S/C17H25N/c1-16(2,3)18-12-14-11-17(14)10-6-8-13-7-4-5-9-15(13)17/h4-5,7,9,14,18H,6,8,10-12H2,1-3H3. The van der Waals surface area contributed by atoms with Crippen LogP contribution < -0.4 is 5.32 Å². The number of benzene rings is 1. The molecule has 2 aliphatic rings. The Morgan fingerprint density at radius 2 is 2.06 bits per heavy atom. The maximum atomic E-state index is 3.69. The van der Waals surface area contributed by atoms with Gasteiger partial charge in [-0.2, -0.15) is 0 Å². The maximum Gasteiger partial charge on any atom is 0.00966 e. The van der Waals surface area contributed by atoms with Gasteiger partial charge in [0.05, 0.1) is 0 Å². The van der Waals surface area contributed by atoms with Crippen LogP contribution in [0.4, 0.5) is 0 Å². The smallest absolute Gasteiger partial charge is 0.00966 e. The van der Waals surface area contributed by atoms with Crippen molar-refractivity contribution in [1.29, 1.82) is 0 Å². The third-order valence-corrected chi connectivity index (χ3v) is 4.73. The summed E-state index contributed by atoms with van der Waals surface area (Å²) in [7, 11) is 0. The zero-order valence-electron chi connectivity index (χ0n) is 11.9. The minimum Gasteiger partial charge on any atom is -0.312 e. The van der Waals surface area contributed by atoms with Crippen LogP contribution in [0.3, 0.4) is 0 Å². The molecule has 1 fully saturated rings. The highest BCUT2D eigenvalue weighted by Crippen LogP contribution is 2.59. The van der Waals surface area contributed by atoms with E-state index in [-0.39, 0.29) is 5.54 Å². The third-order valence-electron chi connectivity index (χ3n) is 4.73. The summed E-state index contributed by atoms with van der Waals surface area (Å²) in [5.41, 5.74) is 4.06. The lowest BCUT2D eigenvalue weighted by Gasteiger charge is -2.28. The van der Waals surface area contributed by atoms with E-state index in [2.05, 4.69) is 50.4 Å². The average molecular weight is 243 g/mol. The molecule has 18 heavy (non-hydrogen) atoms. The van der Waals surface area contributed by atoms with E-state index in [0.29, 0.717) is 5.41 Å². The lowest BCUT2D eigenvalue weighted by molar-refractivity contribution is 0.393. The molecule has 1 spiro atoms. The second kappa shape index (κ2) is 4.09. The van der Waals surface area contributed by atoms with Crippen molar-refractivity contribution >= 4 is 0 Å². The molecule has 0 aromatic heterocycles. The minimum absolute atomic E-state index is 0.248. The molecule has 1 aromatic carbocycles. The van der Waals surface area contributed by atoms with Crippen LogP contribution in [0.2, 0.25) is 0 Å². The van der Waals surface area contributed by atoms with E-state index in [0.717, 1.165) is 5.92 Å². The van der Waals surface area contributed by atoms with Crippen molar-refractivity contribution in [3.8, 4) is 0 Å². The SMILES string of the molecule is CC(C)(C)NCC1CC12CCCc1ccccc12. The molecular formula is C17H25N. The highest BCUT2D eigenvalue weighted by Gasteiger charge is 2.55. The van der Waals surface area contributed by atoms with Crippen molar-refractivity contribution in [1.82, 2.24) is 5.32 Å². The average Bonchev–Trinajstić information content (AvgIpc) is 3.01. The fraction of sp³-hybridized carbons (Fsp3) is 0.647. The summed E-state index contributed by atoms with van der Waals surface area (Å²) in [6.45, 7) is 7.96. The first-order valence-electron chi connectivity index (χ1n) is 7.35. The summed E-state index contributed by atoms with van der Waals surface area (Å²) in [6.07, 6.45) is 5.47. The van der Waals surface area contributed by atoms with Crippen molar-refractivity contribution < 1.29 is 0 Å². The fourth-order valence-electron chi connectivity index (χ4n) is 3.67. The second-order valence-corrected chi connectivity index (χ2v) is 7.20. The highest BCUT2D eigenvalue weighted by atomic mass is 15.0. The van der Waals surface area contributed by atoms with Crippen molar-refractivity contribution in [3.63, 3.8) is 0 Å². The van der Waals surface area contributed by atoms with E-state index in [1.807, 2.05) is 0 Å². The molecular weight excluding hydrogens is 218 g/mol. The quantitative estimate of drug-likeness (QED) is 0.835. The van der Waals surface area contributed by atoms with Gasteiger partial charge in [-0.15, -0.1) is 0 Å². The Bertz CT molecular complexity index is 443. The van der Waals surface area contributed by atoms with Crippen molar-refractivity contribution in [3.05, 3.63) is 35.4 Å². The number of hydrogen-bond acceptors (Lipinski definition) is 1. The van der Waals surface area contributed by atoms with Crippen LogP contribution in [0.15, 0.2) is 24.3 Å². The van der Waals surface area contributed by atoms with Crippen LogP contribution in [-0.4, -0.2) is 12.1 Å². The van der Waals surface area contributed by atoms with Gasteiger partial charge in [-0.25, -0.2) is 0 Å². The molecule has 98 valence electrons. The molecule has 0 saturated heterocycles. The molecule has 1 heteroatoms. The van der Waals surface area contributed by atoms with Crippen molar-refractivity contribution in [2.24, 2.45) is 5.92 Å². The summed E-state index contributed by atoms with van der Waals surface area (Å²) in [5, 5.41) is 3.69. The number of aryl methyl sites for hydroxylation is 1. The van der Waals surface area contributed by atoms with Gasteiger partial charge in [0.25, 0.3) is 0 Å². The molecule has 0 aliphatic heterocycles. The Hall–Kier alpha value is -0.820. The van der Waals surface area contributed by atoms with Gasteiger partial charge in [-0.05, 0) is 75.5 Å². The highest BCUT2D eigenvalue weighted by molar-refractivity contribution is 5.42. The predicted molar refractivity (Wildman–Crippen MR) is 76.9 cm³/mol. The van der Waals surface area contributed by atoms with E-state index >= 15 is 0 Å². The first kappa shape index (κ1) is 12.2. The molecule has 1 aromatic rings. The Morgan fingerprint density at radius 3 is 2.83 bits per heavy atom. The van der Waals surface area contributed by atoms with E-state index in [9.17, 15) is 0 Å². The first-order chi connectivity index (χ1) is 8.51. The van der Waals surface area contributed by atoms with Crippen LogP contribution in [0.5, 0.6) is 0 Å². The van der Waals surface area contributed by atoms with Gasteiger partial charge in [-0.1, -0.05) is 24.3 Å². The summed E-state index contributed by atoms with van der Waals surface area (Å²) in [5.74, 6) is 0.859. The zero-order valence-corrected chi connectivity index (χ0v) is 11.9. The van der Waals surface area contributed by atoms with Crippen molar-refractivity contribution in [2.45, 2.75) is 57.4 Å². The van der Waals surface area contributed by atoms with E-state index in [4.69, 9.17) is 0 Å².